The second-order valence-corrected chi connectivity index (χ2v) is 7.63. The molecule has 1 amide bonds. The van der Waals surface area contributed by atoms with Crippen molar-refractivity contribution in [2.75, 3.05) is 13.2 Å². The van der Waals surface area contributed by atoms with E-state index in [2.05, 4.69) is 4.98 Å². The van der Waals surface area contributed by atoms with E-state index in [4.69, 9.17) is 4.74 Å². The molecule has 1 atom stereocenters. The molecular weight excluding hydrogens is 352 g/mol. The molecule has 4 rings (SSSR count). The van der Waals surface area contributed by atoms with Crippen LogP contribution in [0.4, 0.5) is 0 Å². The highest BCUT2D eigenvalue weighted by molar-refractivity contribution is 7.09. The maximum Gasteiger partial charge on any atom is 0.335 e. The third-order valence-corrected chi connectivity index (χ3v) is 6.01. The number of hydrogen-bond acceptors (Lipinski definition) is 5. The Labute approximate surface area is 155 Å². The third-order valence-electron chi connectivity index (χ3n) is 4.95. The van der Waals surface area contributed by atoms with Crippen molar-refractivity contribution >= 4 is 23.2 Å². The molecule has 2 aliphatic rings. The maximum atomic E-state index is 13.3. The fraction of sp³-hybridized carbons (Fsp3) is 0.421. The number of thiazole rings is 1. The Hall–Kier alpha value is -2.41. The van der Waals surface area contributed by atoms with Crippen molar-refractivity contribution in [1.82, 2.24) is 9.88 Å². The average molecular weight is 372 g/mol. The lowest BCUT2D eigenvalue weighted by molar-refractivity contribution is 0.0696. The molecule has 136 valence electrons. The largest absolute Gasteiger partial charge is 0.493 e. The molecule has 2 aromatic rings. The predicted molar refractivity (Wildman–Crippen MR) is 97.1 cm³/mol. The molecule has 2 aliphatic heterocycles. The van der Waals surface area contributed by atoms with Gasteiger partial charge in [0.1, 0.15) is 10.8 Å². The number of benzene rings is 1. The minimum atomic E-state index is -1.05. The van der Waals surface area contributed by atoms with Crippen molar-refractivity contribution < 1.29 is 19.4 Å². The Bertz CT molecular complexity index is 876. The Morgan fingerprint density at radius 2 is 2.19 bits per heavy atom. The second kappa shape index (κ2) is 6.72. The smallest absolute Gasteiger partial charge is 0.335 e. The van der Waals surface area contributed by atoms with E-state index in [-0.39, 0.29) is 17.5 Å². The summed E-state index contributed by atoms with van der Waals surface area (Å²) < 4.78 is 5.64. The van der Waals surface area contributed by atoms with Crippen LogP contribution in [0.15, 0.2) is 17.5 Å². The quantitative estimate of drug-likeness (QED) is 0.893. The van der Waals surface area contributed by atoms with Crippen molar-refractivity contribution in [2.45, 2.75) is 38.6 Å². The first-order chi connectivity index (χ1) is 12.5. The van der Waals surface area contributed by atoms with Crippen LogP contribution in [0, 0.1) is 6.92 Å². The van der Waals surface area contributed by atoms with E-state index < -0.39 is 5.97 Å². The van der Waals surface area contributed by atoms with E-state index in [1.165, 1.54) is 12.1 Å². The summed E-state index contributed by atoms with van der Waals surface area (Å²) in [5.41, 5.74) is 2.34. The first-order valence-corrected chi connectivity index (χ1v) is 9.68. The summed E-state index contributed by atoms with van der Waals surface area (Å²) in [6.07, 6.45) is 3.36. The number of rotatable bonds is 3. The van der Waals surface area contributed by atoms with Crippen molar-refractivity contribution in [3.05, 3.63) is 44.9 Å². The van der Waals surface area contributed by atoms with Crippen LogP contribution in [-0.2, 0) is 6.42 Å². The number of carboxylic acid groups (broad SMARTS) is 1. The van der Waals surface area contributed by atoms with Crippen molar-refractivity contribution in [1.29, 1.82) is 0 Å². The van der Waals surface area contributed by atoms with Gasteiger partial charge in [-0.3, -0.25) is 4.79 Å². The van der Waals surface area contributed by atoms with Crippen LogP contribution < -0.4 is 4.74 Å². The van der Waals surface area contributed by atoms with Gasteiger partial charge in [0.05, 0.1) is 18.2 Å². The van der Waals surface area contributed by atoms with E-state index in [1.807, 2.05) is 17.2 Å². The molecular formula is C19H20N2O4S. The van der Waals surface area contributed by atoms with Gasteiger partial charge in [-0.1, -0.05) is 0 Å². The highest BCUT2D eigenvalue weighted by Gasteiger charge is 2.34. The van der Waals surface area contributed by atoms with Crippen LogP contribution in [-0.4, -0.2) is 40.0 Å². The monoisotopic (exact) mass is 372 g/mol. The highest BCUT2D eigenvalue weighted by atomic mass is 32.1. The highest BCUT2D eigenvalue weighted by Crippen LogP contribution is 2.37. The number of hydrogen-bond donors (Lipinski definition) is 1. The van der Waals surface area contributed by atoms with E-state index in [0.29, 0.717) is 24.5 Å². The van der Waals surface area contributed by atoms with Gasteiger partial charge in [0.25, 0.3) is 5.91 Å². The summed E-state index contributed by atoms with van der Waals surface area (Å²) in [4.78, 5) is 31.2. The Balaban J connectivity index is 1.73. The lowest BCUT2D eigenvalue weighted by atomic mass is 9.96. The molecule has 1 aromatic carbocycles. The van der Waals surface area contributed by atoms with E-state index in [0.717, 1.165) is 41.9 Å². The SMILES string of the molecule is Cc1csc([C@H]2CCCN2C(=O)c2cc(C(=O)O)cc3c2CCCO3)n1. The number of amides is 1. The van der Waals surface area contributed by atoms with Gasteiger partial charge in [0, 0.05) is 28.7 Å². The van der Waals surface area contributed by atoms with E-state index >= 15 is 0 Å². The molecule has 0 saturated carbocycles. The number of aryl methyl sites for hydroxylation is 1. The lowest BCUT2D eigenvalue weighted by Gasteiger charge is -2.26. The second-order valence-electron chi connectivity index (χ2n) is 6.74. The zero-order valence-electron chi connectivity index (χ0n) is 14.5. The molecule has 1 saturated heterocycles. The first-order valence-electron chi connectivity index (χ1n) is 8.80. The van der Waals surface area contributed by atoms with Crippen molar-refractivity contribution in [2.24, 2.45) is 0 Å². The maximum absolute atomic E-state index is 13.3. The summed E-state index contributed by atoms with van der Waals surface area (Å²) in [5, 5.41) is 12.4. The summed E-state index contributed by atoms with van der Waals surface area (Å²) >= 11 is 1.58. The number of nitrogens with zero attached hydrogens (tertiary/aromatic N) is 2. The van der Waals surface area contributed by atoms with Crippen molar-refractivity contribution in [3.8, 4) is 5.75 Å². The van der Waals surface area contributed by atoms with Crippen LogP contribution in [0.2, 0.25) is 0 Å². The van der Waals surface area contributed by atoms with Crippen LogP contribution in [0.25, 0.3) is 0 Å². The van der Waals surface area contributed by atoms with E-state index in [1.54, 1.807) is 11.3 Å². The van der Waals surface area contributed by atoms with Gasteiger partial charge in [-0.25, -0.2) is 9.78 Å². The number of aromatic carboxylic acids is 1. The molecule has 0 radical (unpaired) electrons. The van der Waals surface area contributed by atoms with Crippen LogP contribution in [0.1, 0.15) is 62.3 Å². The molecule has 0 spiro atoms. The van der Waals surface area contributed by atoms with Gasteiger partial charge in [0.15, 0.2) is 0 Å². The van der Waals surface area contributed by atoms with Crippen LogP contribution in [0.3, 0.4) is 0 Å². The molecule has 1 N–H and O–H groups in total. The standard InChI is InChI=1S/C19H20N2O4S/c1-11-10-26-17(20-11)15-5-2-6-21(15)18(22)14-8-12(19(23)24)9-16-13(14)4-3-7-25-16/h8-10,15H,2-7H2,1H3,(H,23,24)/t15-/m1/s1. The molecule has 1 fully saturated rings. The number of carbonyl (C=O) groups excluding carboxylic acids is 1. The fourth-order valence-electron chi connectivity index (χ4n) is 3.72. The summed E-state index contributed by atoms with van der Waals surface area (Å²) in [5.74, 6) is -0.643. The molecule has 0 aliphatic carbocycles. The molecule has 1 aromatic heterocycles. The number of fused-ring (bicyclic) bond motifs is 1. The van der Waals surface area contributed by atoms with Crippen molar-refractivity contribution in [3.63, 3.8) is 0 Å². The lowest BCUT2D eigenvalue weighted by Crippen LogP contribution is -2.32. The Morgan fingerprint density at radius 3 is 2.92 bits per heavy atom. The topological polar surface area (TPSA) is 79.7 Å². The summed E-state index contributed by atoms with van der Waals surface area (Å²) in [6.45, 7) is 3.16. The van der Waals surface area contributed by atoms with Gasteiger partial charge in [0.2, 0.25) is 0 Å². The van der Waals surface area contributed by atoms with Crippen LogP contribution >= 0.6 is 11.3 Å². The number of aromatic nitrogens is 1. The zero-order chi connectivity index (χ0) is 18.3. The molecule has 26 heavy (non-hydrogen) atoms. The molecule has 7 heteroatoms. The molecule has 6 nitrogen and oxygen atoms in total. The Kier molecular flexibility index (Phi) is 4.40. The number of carboxylic acids is 1. The van der Waals surface area contributed by atoms with Crippen LogP contribution in [0.5, 0.6) is 5.75 Å². The molecule has 0 bridgehead atoms. The summed E-state index contributed by atoms with van der Waals surface area (Å²) in [6, 6.07) is 3.00. The normalized spacial score (nSPS) is 19.1. The minimum absolute atomic E-state index is 0.0326. The fourth-order valence-corrected chi connectivity index (χ4v) is 4.67. The van der Waals surface area contributed by atoms with Gasteiger partial charge in [-0.05, 0) is 44.7 Å². The minimum Gasteiger partial charge on any atom is -0.493 e. The van der Waals surface area contributed by atoms with Gasteiger partial charge < -0.3 is 14.7 Å². The van der Waals surface area contributed by atoms with Gasteiger partial charge >= 0.3 is 5.97 Å². The number of carbonyl (C=O) groups is 2. The average Bonchev–Trinajstić information content (AvgIpc) is 3.28. The number of ether oxygens (including phenoxy) is 1. The summed E-state index contributed by atoms with van der Waals surface area (Å²) in [7, 11) is 0. The first kappa shape index (κ1) is 17.0. The number of likely N-dealkylation sites (tertiary alicyclic amines) is 1. The van der Waals surface area contributed by atoms with Gasteiger partial charge in [-0.15, -0.1) is 11.3 Å². The third kappa shape index (κ3) is 2.96. The predicted octanol–water partition coefficient (Wildman–Crippen LogP) is 3.45. The molecule has 0 unspecified atom stereocenters. The zero-order valence-corrected chi connectivity index (χ0v) is 15.3. The Morgan fingerprint density at radius 1 is 1.35 bits per heavy atom. The van der Waals surface area contributed by atoms with E-state index in [9.17, 15) is 14.7 Å². The van der Waals surface area contributed by atoms with Gasteiger partial charge in [-0.2, -0.15) is 0 Å². The molecule has 3 heterocycles.